The maximum Gasteiger partial charge on any atom is 0.320 e. The van der Waals surface area contributed by atoms with Crippen molar-refractivity contribution in [1.82, 2.24) is 10.3 Å². The van der Waals surface area contributed by atoms with Crippen LogP contribution in [0.1, 0.15) is 16.7 Å². The average molecular weight is 360 g/mol. The average Bonchev–Trinajstić information content (AvgIpc) is 2.72. The fourth-order valence-electron chi connectivity index (χ4n) is 2.35. The molecular formula is C21H20N4O2. The Hall–Kier alpha value is -3.67. The van der Waals surface area contributed by atoms with Gasteiger partial charge in [-0.05, 0) is 23.3 Å². The van der Waals surface area contributed by atoms with E-state index < -0.39 is 0 Å². The largest absolute Gasteiger partial charge is 0.473 e. The number of rotatable bonds is 6. The second kappa shape index (κ2) is 9.15. The van der Waals surface area contributed by atoms with Crippen LogP contribution in [0.4, 0.5) is 10.6 Å². The molecule has 3 aromatic rings. The van der Waals surface area contributed by atoms with Gasteiger partial charge in [0.15, 0.2) is 0 Å². The Morgan fingerprint density at radius 1 is 0.926 bits per heavy atom. The van der Waals surface area contributed by atoms with Crippen LogP contribution in [-0.4, -0.2) is 16.9 Å². The fourth-order valence-corrected chi connectivity index (χ4v) is 2.35. The summed E-state index contributed by atoms with van der Waals surface area (Å²) < 4.78 is 5.47. The van der Waals surface area contributed by atoms with Crippen LogP contribution < -0.4 is 10.6 Å². The third-order valence-electron chi connectivity index (χ3n) is 3.79. The molecular weight excluding hydrogens is 340 g/mol. The Bertz CT molecular complexity index is 881. The van der Waals surface area contributed by atoms with E-state index in [0.29, 0.717) is 24.5 Å². The quantitative estimate of drug-likeness (QED) is 0.459. The highest BCUT2D eigenvalue weighted by Crippen LogP contribution is 2.09. The van der Waals surface area contributed by atoms with Crippen molar-refractivity contribution >= 4 is 17.7 Å². The maximum absolute atomic E-state index is 11.9. The number of nitrogens with zero attached hydrogens (tertiary/aromatic N) is 1. The summed E-state index contributed by atoms with van der Waals surface area (Å²) >= 11 is 0. The SMILES string of the molecule is N=C(OCc1ccccc1)c1ccc(NC(=O)NCc2ccccc2)nc1. The Morgan fingerprint density at radius 2 is 1.59 bits per heavy atom. The monoisotopic (exact) mass is 360 g/mol. The van der Waals surface area contributed by atoms with Crippen LogP contribution in [0.3, 0.4) is 0 Å². The van der Waals surface area contributed by atoms with Gasteiger partial charge in [0.1, 0.15) is 12.4 Å². The molecule has 1 aromatic heterocycles. The zero-order valence-corrected chi connectivity index (χ0v) is 14.7. The first-order valence-corrected chi connectivity index (χ1v) is 8.51. The molecule has 3 N–H and O–H groups in total. The molecule has 1 heterocycles. The molecule has 0 fully saturated rings. The van der Waals surface area contributed by atoms with Crippen molar-refractivity contribution in [3.05, 3.63) is 95.7 Å². The van der Waals surface area contributed by atoms with Gasteiger partial charge in [0.05, 0.1) is 5.56 Å². The van der Waals surface area contributed by atoms with Crippen LogP contribution in [-0.2, 0) is 17.9 Å². The molecule has 0 aliphatic carbocycles. The highest BCUT2D eigenvalue weighted by Gasteiger charge is 2.06. The lowest BCUT2D eigenvalue weighted by Crippen LogP contribution is -2.28. The van der Waals surface area contributed by atoms with E-state index in [1.807, 2.05) is 60.7 Å². The Balaban J connectivity index is 1.47. The number of urea groups is 1. The number of carbonyl (C=O) groups is 1. The van der Waals surface area contributed by atoms with Gasteiger partial charge in [-0.25, -0.2) is 9.78 Å². The molecule has 0 aliphatic heterocycles. The van der Waals surface area contributed by atoms with E-state index >= 15 is 0 Å². The molecule has 27 heavy (non-hydrogen) atoms. The second-order valence-corrected chi connectivity index (χ2v) is 5.83. The molecule has 0 aliphatic rings. The molecule has 0 saturated heterocycles. The number of amides is 2. The maximum atomic E-state index is 11.9. The first-order chi connectivity index (χ1) is 13.2. The third kappa shape index (κ3) is 5.67. The van der Waals surface area contributed by atoms with Gasteiger partial charge in [-0.2, -0.15) is 0 Å². The molecule has 0 unspecified atom stereocenters. The first-order valence-electron chi connectivity index (χ1n) is 8.51. The summed E-state index contributed by atoms with van der Waals surface area (Å²) in [5.41, 5.74) is 2.55. The highest BCUT2D eigenvalue weighted by atomic mass is 16.5. The molecule has 136 valence electrons. The van der Waals surface area contributed by atoms with Gasteiger partial charge in [0, 0.05) is 12.7 Å². The Kier molecular flexibility index (Phi) is 6.14. The molecule has 2 amide bonds. The summed E-state index contributed by atoms with van der Waals surface area (Å²) in [6.07, 6.45) is 1.50. The molecule has 0 atom stereocenters. The van der Waals surface area contributed by atoms with Crippen molar-refractivity contribution in [1.29, 1.82) is 5.41 Å². The normalized spacial score (nSPS) is 10.1. The minimum atomic E-state index is -0.338. The van der Waals surface area contributed by atoms with Gasteiger partial charge in [-0.15, -0.1) is 0 Å². The van der Waals surface area contributed by atoms with Gasteiger partial charge in [0.25, 0.3) is 0 Å². The summed E-state index contributed by atoms with van der Waals surface area (Å²) in [5, 5.41) is 13.4. The lowest BCUT2D eigenvalue weighted by molar-refractivity contribution is 0.251. The van der Waals surface area contributed by atoms with Crippen LogP contribution in [0.5, 0.6) is 0 Å². The predicted molar refractivity (Wildman–Crippen MR) is 105 cm³/mol. The van der Waals surface area contributed by atoms with E-state index in [2.05, 4.69) is 15.6 Å². The molecule has 6 heteroatoms. The summed E-state index contributed by atoms with van der Waals surface area (Å²) in [4.78, 5) is 16.1. The Morgan fingerprint density at radius 3 is 2.22 bits per heavy atom. The standard InChI is InChI=1S/C21H20N4O2/c22-20(27-15-17-9-5-2-6-10-17)18-11-12-19(23-14-18)25-21(26)24-13-16-7-3-1-4-8-16/h1-12,14,22H,13,15H2,(H2,23,24,25,26). The van der Waals surface area contributed by atoms with E-state index in [0.717, 1.165) is 11.1 Å². The van der Waals surface area contributed by atoms with Gasteiger partial charge in [-0.3, -0.25) is 10.7 Å². The topological polar surface area (TPSA) is 87.1 Å². The molecule has 0 radical (unpaired) electrons. The Labute approximate surface area is 157 Å². The number of aromatic nitrogens is 1. The van der Waals surface area contributed by atoms with Crippen molar-refractivity contribution in [2.45, 2.75) is 13.2 Å². The molecule has 0 spiro atoms. The van der Waals surface area contributed by atoms with Crippen molar-refractivity contribution in [3.63, 3.8) is 0 Å². The molecule has 3 rings (SSSR count). The summed E-state index contributed by atoms with van der Waals surface area (Å²) in [5.74, 6) is 0.437. The summed E-state index contributed by atoms with van der Waals surface area (Å²) in [6.45, 7) is 0.754. The smallest absolute Gasteiger partial charge is 0.320 e. The number of hydrogen-bond donors (Lipinski definition) is 3. The number of ether oxygens (including phenoxy) is 1. The number of hydrogen-bond acceptors (Lipinski definition) is 4. The lowest BCUT2D eigenvalue weighted by atomic mass is 10.2. The van der Waals surface area contributed by atoms with Crippen LogP contribution in [0.2, 0.25) is 0 Å². The van der Waals surface area contributed by atoms with Crippen LogP contribution >= 0.6 is 0 Å². The van der Waals surface area contributed by atoms with Crippen molar-refractivity contribution < 1.29 is 9.53 Å². The van der Waals surface area contributed by atoms with E-state index in [9.17, 15) is 4.79 Å². The zero-order chi connectivity index (χ0) is 18.9. The number of pyridine rings is 1. The van der Waals surface area contributed by atoms with Gasteiger partial charge in [-0.1, -0.05) is 60.7 Å². The summed E-state index contributed by atoms with van der Waals surface area (Å²) in [6, 6.07) is 22.3. The minimum Gasteiger partial charge on any atom is -0.473 e. The lowest BCUT2D eigenvalue weighted by Gasteiger charge is -2.09. The van der Waals surface area contributed by atoms with Gasteiger partial charge < -0.3 is 10.1 Å². The molecule has 0 saturated carbocycles. The van der Waals surface area contributed by atoms with Crippen LogP contribution in [0.15, 0.2) is 79.0 Å². The van der Waals surface area contributed by atoms with E-state index in [4.69, 9.17) is 10.1 Å². The van der Waals surface area contributed by atoms with Crippen LogP contribution in [0.25, 0.3) is 0 Å². The van der Waals surface area contributed by atoms with Crippen molar-refractivity contribution in [2.24, 2.45) is 0 Å². The molecule has 0 bridgehead atoms. The third-order valence-corrected chi connectivity index (χ3v) is 3.79. The van der Waals surface area contributed by atoms with Crippen LogP contribution in [0, 0.1) is 5.41 Å². The zero-order valence-electron chi connectivity index (χ0n) is 14.7. The molecule has 6 nitrogen and oxygen atoms in total. The van der Waals surface area contributed by atoms with Gasteiger partial charge in [0.2, 0.25) is 5.90 Å². The van der Waals surface area contributed by atoms with Gasteiger partial charge >= 0.3 is 6.03 Å². The van der Waals surface area contributed by atoms with Crippen molar-refractivity contribution in [3.8, 4) is 0 Å². The van der Waals surface area contributed by atoms with E-state index in [1.165, 1.54) is 6.20 Å². The number of nitrogens with one attached hydrogen (secondary N) is 3. The second-order valence-electron chi connectivity index (χ2n) is 5.83. The number of carbonyl (C=O) groups excluding carboxylic acids is 1. The summed E-state index contributed by atoms with van der Waals surface area (Å²) in [7, 11) is 0. The van der Waals surface area contributed by atoms with Crippen molar-refractivity contribution in [2.75, 3.05) is 5.32 Å². The predicted octanol–water partition coefficient (Wildman–Crippen LogP) is 3.95. The minimum absolute atomic E-state index is 0.0337. The number of anilines is 1. The fraction of sp³-hybridized carbons (Fsp3) is 0.0952. The highest BCUT2D eigenvalue weighted by molar-refractivity contribution is 5.92. The number of benzene rings is 2. The van der Waals surface area contributed by atoms with E-state index in [1.54, 1.807) is 12.1 Å². The van der Waals surface area contributed by atoms with E-state index in [-0.39, 0.29) is 11.9 Å². The molecule has 2 aromatic carbocycles. The first kappa shape index (κ1) is 18.1.